The molecule has 0 saturated heterocycles. The summed E-state index contributed by atoms with van der Waals surface area (Å²) in [5.74, 6) is -2.02. The minimum absolute atomic E-state index is 0.0919. The summed E-state index contributed by atoms with van der Waals surface area (Å²) in [6.45, 7) is 4.29. The molecular weight excluding hydrogens is 505 g/mol. The molecule has 0 fully saturated rings. The normalized spacial score (nSPS) is 12.2. The van der Waals surface area contributed by atoms with Crippen molar-refractivity contribution in [3.63, 3.8) is 0 Å². The van der Waals surface area contributed by atoms with Crippen molar-refractivity contribution in [3.8, 4) is 11.4 Å². The van der Waals surface area contributed by atoms with Gasteiger partial charge < -0.3 is 9.72 Å². The summed E-state index contributed by atoms with van der Waals surface area (Å²) < 4.78 is 101. The fourth-order valence-electron chi connectivity index (χ4n) is 3.15. The Bertz CT molecular complexity index is 1310. The van der Waals surface area contributed by atoms with Gasteiger partial charge in [-0.05, 0) is 57.3 Å². The molecule has 3 rings (SSSR count). The second kappa shape index (κ2) is 9.32. The van der Waals surface area contributed by atoms with Crippen LogP contribution in [0.4, 0.5) is 41.3 Å². The van der Waals surface area contributed by atoms with Crippen molar-refractivity contribution in [1.82, 2.24) is 14.5 Å². The van der Waals surface area contributed by atoms with Gasteiger partial charge in [0.15, 0.2) is 10.5 Å². The van der Waals surface area contributed by atoms with Crippen molar-refractivity contribution in [2.45, 2.75) is 39.2 Å². The number of imidazole rings is 1. The monoisotopic (exact) mass is 522 g/mol. The fourth-order valence-corrected chi connectivity index (χ4v) is 3.38. The van der Waals surface area contributed by atoms with Crippen LogP contribution in [0.5, 0.6) is 5.75 Å². The first-order valence-corrected chi connectivity index (χ1v) is 10.2. The van der Waals surface area contributed by atoms with E-state index in [2.05, 4.69) is 9.97 Å². The first-order chi connectivity index (χ1) is 16.1. The number of carbonyl (C=O) groups is 1. The number of nitrogens with one attached hydrogen (secondary N) is 1. The molecule has 0 atom stereocenters. The number of aromatic amines is 1. The highest BCUT2D eigenvalue weighted by Gasteiger charge is 2.42. The lowest BCUT2D eigenvalue weighted by atomic mass is 10.1. The van der Waals surface area contributed by atoms with Crippen LogP contribution < -0.4 is 9.64 Å². The van der Waals surface area contributed by atoms with E-state index in [4.69, 9.17) is 17.0 Å². The Kier molecular flexibility index (Phi) is 6.97. The molecule has 0 bridgehead atoms. The zero-order chi connectivity index (χ0) is 26.3. The first-order valence-electron chi connectivity index (χ1n) is 9.84. The predicted molar refractivity (Wildman–Crippen MR) is 114 cm³/mol. The third-order valence-corrected chi connectivity index (χ3v) is 5.08. The number of anilines is 1. The number of hydrogen-bond acceptors (Lipinski definition) is 4. The van der Waals surface area contributed by atoms with E-state index in [0.717, 1.165) is 27.8 Å². The maximum Gasteiger partial charge on any atom is 0.421 e. The Hall–Kier alpha value is -3.42. The van der Waals surface area contributed by atoms with E-state index in [0.29, 0.717) is 6.07 Å². The van der Waals surface area contributed by atoms with Crippen molar-refractivity contribution in [2.24, 2.45) is 0 Å². The second-order valence-electron chi connectivity index (χ2n) is 7.57. The van der Waals surface area contributed by atoms with Gasteiger partial charge in [0.25, 0.3) is 0 Å². The van der Waals surface area contributed by atoms with Crippen molar-refractivity contribution in [1.29, 1.82) is 0 Å². The lowest BCUT2D eigenvalue weighted by Crippen LogP contribution is -2.40. The standard InChI is InChI=1S/C21H17F7N4O2S/c1-10(2)32(16-5-4-14(22)11(3)30-16)19(33)34-17-13(21(26,27)28)8-12(20(23,24)25)9-15(17)31-7-6-29-18(31)35/h4-10H,1-3H3,(H,29,35). The number of benzene rings is 1. The van der Waals surface area contributed by atoms with Gasteiger partial charge in [-0.2, -0.15) is 26.3 Å². The average molecular weight is 522 g/mol. The predicted octanol–water partition coefficient (Wildman–Crippen LogP) is 6.83. The summed E-state index contributed by atoms with van der Waals surface area (Å²) in [4.78, 5) is 20.3. The fraction of sp³-hybridized carbons (Fsp3) is 0.286. The Morgan fingerprint density at radius 2 is 1.80 bits per heavy atom. The maximum absolute atomic E-state index is 13.9. The van der Waals surface area contributed by atoms with Gasteiger partial charge >= 0.3 is 18.4 Å². The molecule has 3 aromatic rings. The molecule has 6 nitrogen and oxygen atoms in total. The minimum atomic E-state index is -5.34. The number of ether oxygens (including phenoxy) is 1. The highest BCUT2D eigenvalue weighted by Crippen LogP contribution is 2.44. The van der Waals surface area contributed by atoms with E-state index in [1.165, 1.54) is 27.0 Å². The molecule has 2 aromatic heterocycles. The molecule has 0 spiro atoms. The van der Waals surface area contributed by atoms with Gasteiger partial charge in [0.05, 0.1) is 16.9 Å². The van der Waals surface area contributed by atoms with Crippen LogP contribution in [0.15, 0.2) is 36.7 Å². The topological polar surface area (TPSA) is 63.2 Å². The number of hydrogen-bond donors (Lipinski definition) is 1. The molecule has 0 saturated carbocycles. The number of alkyl halides is 6. The SMILES string of the molecule is Cc1nc(N(C(=O)Oc2c(-n3cc[nH]c3=S)cc(C(F)(F)F)cc2C(F)(F)F)C(C)C)ccc1F. The molecule has 1 amide bonds. The molecule has 1 aromatic carbocycles. The quantitative estimate of drug-likeness (QED) is 0.302. The average Bonchev–Trinajstić information content (AvgIpc) is 3.14. The minimum Gasteiger partial charge on any atom is -0.407 e. The number of rotatable bonds is 4. The number of H-pyrrole nitrogens is 1. The summed E-state index contributed by atoms with van der Waals surface area (Å²) in [5, 5.41) is 0. The van der Waals surface area contributed by atoms with Crippen LogP contribution >= 0.6 is 12.2 Å². The zero-order valence-corrected chi connectivity index (χ0v) is 19.1. The summed E-state index contributed by atoms with van der Waals surface area (Å²) in [6, 6.07) is 1.62. The molecule has 14 heteroatoms. The second-order valence-corrected chi connectivity index (χ2v) is 7.96. The zero-order valence-electron chi connectivity index (χ0n) is 18.3. The van der Waals surface area contributed by atoms with Gasteiger partial charge in [0.1, 0.15) is 17.2 Å². The van der Waals surface area contributed by atoms with Crippen molar-refractivity contribution < 1.29 is 40.3 Å². The third-order valence-electron chi connectivity index (χ3n) is 4.77. The maximum atomic E-state index is 13.9. The Balaban J connectivity index is 2.23. The number of nitrogens with zero attached hydrogens (tertiary/aromatic N) is 3. The van der Waals surface area contributed by atoms with Gasteiger partial charge in [0.2, 0.25) is 0 Å². The van der Waals surface area contributed by atoms with E-state index in [9.17, 15) is 35.5 Å². The third kappa shape index (κ3) is 5.47. The van der Waals surface area contributed by atoms with Gasteiger partial charge in [-0.1, -0.05) is 0 Å². The molecule has 2 heterocycles. The van der Waals surface area contributed by atoms with Gasteiger partial charge in [0, 0.05) is 18.4 Å². The molecule has 35 heavy (non-hydrogen) atoms. The van der Waals surface area contributed by atoms with Gasteiger partial charge in [-0.25, -0.2) is 14.2 Å². The van der Waals surface area contributed by atoms with E-state index in [1.807, 2.05) is 0 Å². The smallest absolute Gasteiger partial charge is 0.407 e. The van der Waals surface area contributed by atoms with E-state index in [-0.39, 0.29) is 22.3 Å². The molecule has 0 aliphatic heterocycles. The van der Waals surface area contributed by atoms with Crippen LogP contribution in [-0.4, -0.2) is 26.7 Å². The van der Waals surface area contributed by atoms with Crippen LogP contribution in [0.25, 0.3) is 5.69 Å². The van der Waals surface area contributed by atoms with Crippen LogP contribution in [-0.2, 0) is 12.4 Å². The van der Waals surface area contributed by atoms with Crippen molar-refractivity contribution >= 4 is 24.1 Å². The molecule has 1 N–H and O–H groups in total. The lowest BCUT2D eigenvalue weighted by Gasteiger charge is -2.27. The van der Waals surface area contributed by atoms with E-state index in [1.54, 1.807) is 0 Å². The Morgan fingerprint density at radius 1 is 1.14 bits per heavy atom. The number of carbonyl (C=O) groups excluding carboxylic acids is 1. The van der Waals surface area contributed by atoms with Crippen molar-refractivity contribution in [2.75, 3.05) is 4.90 Å². The molecule has 0 unspecified atom stereocenters. The largest absolute Gasteiger partial charge is 0.421 e. The molecule has 0 aliphatic carbocycles. The number of pyridine rings is 1. The molecular formula is C21H17F7N4O2S. The Labute approximate surface area is 199 Å². The van der Waals surface area contributed by atoms with Crippen LogP contribution in [0.1, 0.15) is 30.7 Å². The van der Waals surface area contributed by atoms with Crippen LogP contribution in [0.3, 0.4) is 0 Å². The number of aryl methyl sites for hydroxylation is 1. The highest BCUT2D eigenvalue weighted by atomic mass is 32.1. The summed E-state index contributed by atoms with van der Waals surface area (Å²) in [7, 11) is 0. The first kappa shape index (κ1) is 26.2. The van der Waals surface area contributed by atoms with E-state index < -0.39 is 52.9 Å². The summed E-state index contributed by atoms with van der Waals surface area (Å²) >= 11 is 4.96. The Morgan fingerprint density at radius 3 is 2.29 bits per heavy atom. The van der Waals surface area contributed by atoms with Crippen molar-refractivity contribution in [3.05, 3.63) is 64.1 Å². The van der Waals surface area contributed by atoms with Gasteiger partial charge in [-0.3, -0.25) is 9.47 Å². The van der Waals surface area contributed by atoms with E-state index >= 15 is 0 Å². The van der Waals surface area contributed by atoms with Crippen LogP contribution in [0, 0.1) is 17.5 Å². The summed E-state index contributed by atoms with van der Waals surface area (Å²) in [5.41, 5.74) is -4.32. The lowest BCUT2D eigenvalue weighted by molar-refractivity contribution is -0.143. The van der Waals surface area contributed by atoms with Crippen LogP contribution in [0.2, 0.25) is 0 Å². The summed E-state index contributed by atoms with van der Waals surface area (Å²) in [6.07, 6.45) is -9.59. The highest BCUT2D eigenvalue weighted by molar-refractivity contribution is 7.71. The molecule has 188 valence electrons. The van der Waals surface area contributed by atoms with Gasteiger partial charge in [-0.15, -0.1) is 0 Å². The molecule has 0 radical (unpaired) electrons. The number of amides is 1. The number of aromatic nitrogens is 3. The molecule has 0 aliphatic rings. The number of halogens is 7.